The van der Waals surface area contributed by atoms with Crippen molar-refractivity contribution < 1.29 is 9.59 Å². The van der Waals surface area contributed by atoms with E-state index in [2.05, 4.69) is 10.3 Å². The number of imidazole rings is 1. The van der Waals surface area contributed by atoms with Crippen LogP contribution in [0.1, 0.15) is 18.7 Å². The molecule has 4 rings (SSSR count). The quantitative estimate of drug-likeness (QED) is 0.759. The second kappa shape index (κ2) is 7.61. The Balaban J connectivity index is 1.58. The number of hydrogen-bond acceptors (Lipinski definition) is 3. The Kier molecular flexibility index (Phi) is 4.87. The minimum Gasteiger partial charge on any atom is -0.342 e. The van der Waals surface area contributed by atoms with E-state index in [0.29, 0.717) is 5.82 Å². The van der Waals surface area contributed by atoms with Gasteiger partial charge in [-0.05, 0) is 37.1 Å². The molecule has 0 saturated carbocycles. The zero-order valence-electron chi connectivity index (χ0n) is 15.1. The third-order valence-corrected chi connectivity index (χ3v) is 4.86. The second-order valence-corrected chi connectivity index (χ2v) is 6.78. The summed E-state index contributed by atoms with van der Waals surface area (Å²) in [4.78, 5) is 31.7. The van der Waals surface area contributed by atoms with Gasteiger partial charge in [-0.2, -0.15) is 0 Å². The number of rotatable bonds is 5. The van der Waals surface area contributed by atoms with Crippen molar-refractivity contribution in [2.75, 3.05) is 18.4 Å². The lowest BCUT2D eigenvalue weighted by molar-refractivity contribution is -0.129. The molecule has 3 aromatic rings. The van der Waals surface area contributed by atoms with Crippen molar-refractivity contribution >= 4 is 28.5 Å². The van der Waals surface area contributed by atoms with E-state index in [0.717, 1.165) is 42.7 Å². The number of benzene rings is 2. The van der Waals surface area contributed by atoms with Crippen LogP contribution >= 0.6 is 0 Å². The molecule has 138 valence electrons. The smallest absolute Gasteiger partial charge is 0.244 e. The van der Waals surface area contributed by atoms with E-state index in [9.17, 15) is 9.59 Å². The molecule has 1 aromatic heterocycles. The van der Waals surface area contributed by atoms with E-state index in [4.69, 9.17) is 0 Å². The largest absolute Gasteiger partial charge is 0.342 e. The highest BCUT2D eigenvalue weighted by Gasteiger charge is 2.22. The van der Waals surface area contributed by atoms with Gasteiger partial charge in [-0.25, -0.2) is 4.98 Å². The molecule has 1 aliphatic rings. The monoisotopic (exact) mass is 362 g/mol. The molecular weight excluding hydrogens is 340 g/mol. The number of anilines is 1. The van der Waals surface area contributed by atoms with Crippen molar-refractivity contribution in [2.24, 2.45) is 0 Å². The van der Waals surface area contributed by atoms with Crippen molar-refractivity contribution in [3.8, 4) is 0 Å². The van der Waals surface area contributed by atoms with Crippen LogP contribution in [0.4, 0.5) is 5.69 Å². The van der Waals surface area contributed by atoms with Crippen LogP contribution in [0.25, 0.3) is 11.0 Å². The normalized spacial score (nSPS) is 13.9. The number of nitrogens with zero attached hydrogens (tertiary/aromatic N) is 3. The van der Waals surface area contributed by atoms with Gasteiger partial charge in [0.25, 0.3) is 0 Å². The number of fused-ring (bicyclic) bond motifs is 1. The van der Waals surface area contributed by atoms with Crippen LogP contribution in [0.2, 0.25) is 0 Å². The minimum absolute atomic E-state index is 0.0764. The Morgan fingerprint density at radius 1 is 0.963 bits per heavy atom. The topological polar surface area (TPSA) is 67.2 Å². The zero-order valence-corrected chi connectivity index (χ0v) is 15.1. The lowest BCUT2D eigenvalue weighted by Gasteiger charge is -2.15. The molecular formula is C21H22N4O2. The lowest BCUT2D eigenvalue weighted by atomic mass is 10.3. The molecule has 1 fully saturated rings. The average Bonchev–Trinajstić information content (AvgIpc) is 3.32. The number of carbonyl (C=O) groups is 2. The molecule has 1 saturated heterocycles. The van der Waals surface area contributed by atoms with Gasteiger partial charge in [0.2, 0.25) is 11.8 Å². The molecule has 6 heteroatoms. The Labute approximate surface area is 157 Å². The molecule has 2 heterocycles. The van der Waals surface area contributed by atoms with Gasteiger partial charge in [0, 0.05) is 18.8 Å². The van der Waals surface area contributed by atoms with Crippen LogP contribution in [0.3, 0.4) is 0 Å². The molecule has 2 amide bonds. The summed E-state index contributed by atoms with van der Waals surface area (Å²) in [6, 6.07) is 17.0. The molecule has 0 radical (unpaired) electrons. The first-order chi connectivity index (χ1) is 13.2. The van der Waals surface area contributed by atoms with Gasteiger partial charge in [-0.1, -0.05) is 30.3 Å². The Morgan fingerprint density at radius 2 is 1.67 bits per heavy atom. The SMILES string of the molecule is O=C(Cn1c(CC(=O)N2CCCC2)nc2ccccc21)Nc1ccccc1. The van der Waals surface area contributed by atoms with Gasteiger partial charge in [-0.3, -0.25) is 9.59 Å². The van der Waals surface area contributed by atoms with E-state index in [1.165, 1.54) is 0 Å². The third kappa shape index (κ3) is 3.84. The molecule has 0 aliphatic carbocycles. The number of carbonyl (C=O) groups excluding carboxylic acids is 2. The molecule has 6 nitrogen and oxygen atoms in total. The van der Waals surface area contributed by atoms with E-state index >= 15 is 0 Å². The fourth-order valence-electron chi connectivity index (χ4n) is 3.52. The van der Waals surface area contributed by atoms with Crippen LogP contribution in [0.5, 0.6) is 0 Å². The minimum atomic E-state index is -0.140. The van der Waals surface area contributed by atoms with Gasteiger partial charge in [0.15, 0.2) is 0 Å². The maximum Gasteiger partial charge on any atom is 0.244 e. The number of nitrogens with one attached hydrogen (secondary N) is 1. The number of aromatic nitrogens is 2. The first-order valence-corrected chi connectivity index (χ1v) is 9.27. The average molecular weight is 362 g/mol. The summed E-state index contributed by atoms with van der Waals surface area (Å²) < 4.78 is 1.85. The van der Waals surface area contributed by atoms with E-state index in [1.54, 1.807) is 0 Å². The molecule has 0 unspecified atom stereocenters. The van der Waals surface area contributed by atoms with Gasteiger partial charge >= 0.3 is 0 Å². The summed E-state index contributed by atoms with van der Waals surface area (Å²) in [5, 5.41) is 2.90. The summed E-state index contributed by atoms with van der Waals surface area (Å²) in [5.74, 6) is 0.572. The Morgan fingerprint density at radius 3 is 2.44 bits per heavy atom. The molecule has 1 aliphatic heterocycles. The number of amides is 2. The van der Waals surface area contributed by atoms with Crippen LogP contribution in [-0.2, 0) is 22.6 Å². The standard InChI is InChI=1S/C21H22N4O2/c26-20(22-16-8-2-1-3-9-16)15-25-18-11-5-4-10-17(18)23-19(25)14-21(27)24-12-6-7-13-24/h1-5,8-11H,6-7,12-15H2,(H,22,26). The van der Waals surface area contributed by atoms with Crippen molar-refractivity contribution in [3.63, 3.8) is 0 Å². The molecule has 0 spiro atoms. The number of likely N-dealkylation sites (tertiary alicyclic amines) is 1. The molecule has 0 atom stereocenters. The lowest BCUT2D eigenvalue weighted by Crippen LogP contribution is -2.30. The molecule has 27 heavy (non-hydrogen) atoms. The summed E-state index contributed by atoms with van der Waals surface area (Å²) in [6.07, 6.45) is 2.33. The van der Waals surface area contributed by atoms with Crippen molar-refractivity contribution in [1.29, 1.82) is 0 Å². The highest BCUT2D eigenvalue weighted by molar-refractivity contribution is 5.92. The maximum atomic E-state index is 12.6. The number of hydrogen-bond donors (Lipinski definition) is 1. The van der Waals surface area contributed by atoms with Crippen LogP contribution in [0, 0.1) is 0 Å². The van der Waals surface area contributed by atoms with Gasteiger partial charge in [0.1, 0.15) is 12.4 Å². The molecule has 2 aromatic carbocycles. The van der Waals surface area contributed by atoms with E-state index in [-0.39, 0.29) is 24.8 Å². The fourth-order valence-corrected chi connectivity index (χ4v) is 3.52. The van der Waals surface area contributed by atoms with Gasteiger partial charge < -0.3 is 14.8 Å². The second-order valence-electron chi connectivity index (χ2n) is 6.78. The highest BCUT2D eigenvalue weighted by atomic mass is 16.2. The Hall–Kier alpha value is -3.15. The summed E-state index contributed by atoms with van der Waals surface area (Å²) in [5.41, 5.74) is 2.42. The van der Waals surface area contributed by atoms with E-state index in [1.807, 2.05) is 64.1 Å². The van der Waals surface area contributed by atoms with Gasteiger partial charge in [-0.15, -0.1) is 0 Å². The third-order valence-electron chi connectivity index (χ3n) is 4.86. The molecule has 0 bridgehead atoms. The molecule has 1 N–H and O–H groups in total. The predicted molar refractivity (Wildman–Crippen MR) is 104 cm³/mol. The summed E-state index contributed by atoms with van der Waals surface area (Å²) >= 11 is 0. The summed E-state index contributed by atoms with van der Waals surface area (Å²) in [6.45, 7) is 1.75. The first-order valence-electron chi connectivity index (χ1n) is 9.27. The van der Waals surface area contributed by atoms with Crippen molar-refractivity contribution in [2.45, 2.75) is 25.8 Å². The highest BCUT2D eigenvalue weighted by Crippen LogP contribution is 2.18. The van der Waals surface area contributed by atoms with E-state index < -0.39 is 0 Å². The predicted octanol–water partition coefficient (Wildman–Crippen LogP) is 2.84. The first kappa shape index (κ1) is 17.3. The van der Waals surface area contributed by atoms with Crippen LogP contribution < -0.4 is 5.32 Å². The van der Waals surface area contributed by atoms with Crippen molar-refractivity contribution in [1.82, 2.24) is 14.5 Å². The van der Waals surface area contributed by atoms with Gasteiger partial charge in [0.05, 0.1) is 17.5 Å². The van der Waals surface area contributed by atoms with Crippen LogP contribution in [-0.4, -0.2) is 39.4 Å². The maximum absolute atomic E-state index is 12.6. The fraction of sp³-hybridized carbons (Fsp3) is 0.286. The van der Waals surface area contributed by atoms with Crippen molar-refractivity contribution in [3.05, 3.63) is 60.4 Å². The zero-order chi connectivity index (χ0) is 18.6. The summed E-state index contributed by atoms with van der Waals surface area (Å²) in [7, 11) is 0. The number of para-hydroxylation sites is 3. The Bertz CT molecular complexity index is 959. The van der Waals surface area contributed by atoms with Crippen LogP contribution in [0.15, 0.2) is 54.6 Å².